The van der Waals surface area contributed by atoms with Crippen LogP contribution in [0.2, 0.25) is 0 Å². The van der Waals surface area contributed by atoms with Crippen LogP contribution in [0.1, 0.15) is 24.2 Å². The van der Waals surface area contributed by atoms with Crippen molar-refractivity contribution in [1.82, 2.24) is 9.80 Å². The summed E-state index contributed by atoms with van der Waals surface area (Å²) in [5, 5.41) is 0. The molecule has 0 aliphatic carbocycles. The molecule has 0 unspecified atom stereocenters. The number of carbonyl (C=O) groups excluding carboxylic acids is 3. The van der Waals surface area contributed by atoms with Gasteiger partial charge in [0.15, 0.2) is 18.1 Å². The van der Waals surface area contributed by atoms with E-state index in [-0.39, 0.29) is 25.0 Å². The molecule has 2 aromatic rings. The third-order valence-corrected chi connectivity index (χ3v) is 4.98. The van der Waals surface area contributed by atoms with E-state index >= 15 is 0 Å². The second kappa shape index (κ2) is 11.8. The van der Waals surface area contributed by atoms with Crippen molar-refractivity contribution in [3.05, 3.63) is 54.1 Å². The number of benzene rings is 2. The van der Waals surface area contributed by atoms with Crippen LogP contribution in [0, 0.1) is 0 Å². The van der Waals surface area contributed by atoms with E-state index < -0.39 is 6.16 Å². The molecule has 9 nitrogen and oxygen atoms in total. The minimum absolute atomic E-state index is 0.0973. The Hall–Kier alpha value is -3.75. The predicted octanol–water partition coefficient (Wildman–Crippen LogP) is 2.98. The van der Waals surface area contributed by atoms with E-state index in [0.29, 0.717) is 55.6 Å². The van der Waals surface area contributed by atoms with E-state index in [1.54, 1.807) is 53.1 Å². The molecule has 0 N–H and O–H groups in total. The number of ether oxygens (including phenoxy) is 4. The van der Waals surface area contributed by atoms with E-state index in [4.69, 9.17) is 18.9 Å². The van der Waals surface area contributed by atoms with Crippen molar-refractivity contribution in [2.24, 2.45) is 0 Å². The summed E-state index contributed by atoms with van der Waals surface area (Å²) in [6, 6.07) is 13.5. The molecule has 1 saturated heterocycles. The van der Waals surface area contributed by atoms with Crippen molar-refractivity contribution in [3.8, 4) is 17.2 Å². The van der Waals surface area contributed by atoms with Crippen LogP contribution in [0.3, 0.4) is 0 Å². The molecule has 176 valence electrons. The van der Waals surface area contributed by atoms with Crippen LogP contribution in [0.5, 0.6) is 17.2 Å². The van der Waals surface area contributed by atoms with Crippen molar-refractivity contribution in [3.63, 3.8) is 0 Å². The Morgan fingerprint density at radius 3 is 2.00 bits per heavy atom. The van der Waals surface area contributed by atoms with Crippen LogP contribution < -0.4 is 14.2 Å². The highest BCUT2D eigenvalue weighted by atomic mass is 16.7. The van der Waals surface area contributed by atoms with Gasteiger partial charge in [-0.15, -0.1) is 0 Å². The molecular weight excluding hydrogens is 428 g/mol. The van der Waals surface area contributed by atoms with Crippen molar-refractivity contribution in [2.75, 3.05) is 46.0 Å². The molecule has 0 aromatic heterocycles. The molecule has 0 bridgehead atoms. The zero-order valence-corrected chi connectivity index (χ0v) is 18.8. The zero-order chi connectivity index (χ0) is 23.6. The van der Waals surface area contributed by atoms with Crippen LogP contribution in [-0.2, 0) is 9.53 Å². The molecule has 1 fully saturated rings. The molecule has 33 heavy (non-hydrogen) atoms. The van der Waals surface area contributed by atoms with E-state index in [9.17, 15) is 14.4 Å². The molecule has 1 heterocycles. The highest BCUT2D eigenvalue weighted by molar-refractivity contribution is 5.94. The highest BCUT2D eigenvalue weighted by Crippen LogP contribution is 2.26. The number of rotatable bonds is 8. The molecule has 0 atom stereocenters. The number of piperazine rings is 1. The second-order valence-electron chi connectivity index (χ2n) is 7.15. The molecule has 0 spiro atoms. The van der Waals surface area contributed by atoms with Crippen LogP contribution in [-0.4, -0.2) is 73.8 Å². The first kappa shape index (κ1) is 23.9. The molecule has 1 aliphatic heterocycles. The summed E-state index contributed by atoms with van der Waals surface area (Å²) in [6.07, 6.45) is -0.789. The van der Waals surface area contributed by atoms with Crippen LogP contribution in [0.15, 0.2) is 48.5 Å². The van der Waals surface area contributed by atoms with Crippen molar-refractivity contribution in [2.45, 2.75) is 13.8 Å². The largest absolute Gasteiger partial charge is 0.513 e. The van der Waals surface area contributed by atoms with Gasteiger partial charge in [0.1, 0.15) is 5.75 Å². The monoisotopic (exact) mass is 456 g/mol. The van der Waals surface area contributed by atoms with Gasteiger partial charge in [0.25, 0.3) is 11.8 Å². The molecule has 9 heteroatoms. The third-order valence-electron chi connectivity index (χ3n) is 4.98. The number of para-hydroxylation sites is 2. The first-order chi connectivity index (χ1) is 16.0. The highest BCUT2D eigenvalue weighted by Gasteiger charge is 2.25. The molecule has 0 radical (unpaired) electrons. The fourth-order valence-corrected chi connectivity index (χ4v) is 3.33. The molecule has 3 rings (SSSR count). The first-order valence-electron chi connectivity index (χ1n) is 10.9. The topological polar surface area (TPSA) is 94.6 Å². The normalized spacial score (nSPS) is 13.3. The molecule has 0 saturated carbocycles. The van der Waals surface area contributed by atoms with Gasteiger partial charge in [-0.3, -0.25) is 9.59 Å². The Labute approximate surface area is 192 Å². The first-order valence-corrected chi connectivity index (χ1v) is 10.9. The van der Waals surface area contributed by atoms with Gasteiger partial charge >= 0.3 is 6.16 Å². The predicted molar refractivity (Wildman–Crippen MR) is 120 cm³/mol. The van der Waals surface area contributed by atoms with Gasteiger partial charge in [-0.1, -0.05) is 12.1 Å². The number of amides is 2. The summed E-state index contributed by atoms with van der Waals surface area (Å²) in [5.74, 6) is 1.13. The van der Waals surface area contributed by atoms with Gasteiger partial charge in [-0.05, 0) is 50.2 Å². The number of carbonyl (C=O) groups is 3. The van der Waals surface area contributed by atoms with Crippen molar-refractivity contribution >= 4 is 18.0 Å². The zero-order valence-electron chi connectivity index (χ0n) is 18.8. The van der Waals surface area contributed by atoms with Crippen molar-refractivity contribution < 1.29 is 33.3 Å². The lowest BCUT2D eigenvalue weighted by Gasteiger charge is -2.34. The van der Waals surface area contributed by atoms with Gasteiger partial charge in [-0.25, -0.2) is 4.79 Å². The fraction of sp³-hybridized carbons (Fsp3) is 0.375. The maximum Gasteiger partial charge on any atom is 0.513 e. The summed E-state index contributed by atoms with van der Waals surface area (Å²) in [6.45, 7) is 5.87. The van der Waals surface area contributed by atoms with E-state index in [2.05, 4.69) is 0 Å². The van der Waals surface area contributed by atoms with E-state index in [1.165, 1.54) is 0 Å². The van der Waals surface area contributed by atoms with Gasteiger partial charge in [-0.2, -0.15) is 0 Å². The second-order valence-corrected chi connectivity index (χ2v) is 7.15. The Morgan fingerprint density at radius 2 is 1.39 bits per heavy atom. The average Bonchev–Trinajstić information content (AvgIpc) is 2.84. The van der Waals surface area contributed by atoms with Gasteiger partial charge in [0.2, 0.25) is 0 Å². The van der Waals surface area contributed by atoms with E-state index in [1.807, 2.05) is 19.1 Å². The van der Waals surface area contributed by atoms with E-state index in [0.717, 1.165) is 0 Å². The number of hydrogen-bond acceptors (Lipinski definition) is 7. The van der Waals surface area contributed by atoms with Crippen LogP contribution in [0.4, 0.5) is 4.79 Å². The standard InChI is InChI=1S/C24H28N2O7/c1-3-30-20-7-5-6-8-21(20)32-17-22(27)25-13-15-26(16-14-25)23(28)18-9-11-19(12-10-18)33-24(29)31-4-2/h5-12H,3-4,13-17H2,1-2H3. The van der Waals surface area contributed by atoms with Crippen molar-refractivity contribution in [1.29, 1.82) is 0 Å². The number of nitrogens with zero attached hydrogens (tertiary/aromatic N) is 2. The van der Waals surface area contributed by atoms with Gasteiger partial charge in [0, 0.05) is 31.7 Å². The third kappa shape index (κ3) is 6.61. The van der Waals surface area contributed by atoms with Crippen LogP contribution >= 0.6 is 0 Å². The summed E-state index contributed by atoms with van der Waals surface area (Å²) in [7, 11) is 0. The van der Waals surface area contributed by atoms with Crippen LogP contribution in [0.25, 0.3) is 0 Å². The quantitative estimate of drug-likeness (QED) is 0.445. The maximum absolute atomic E-state index is 12.8. The molecular formula is C24H28N2O7. The lowest BCUT2D eigenvalue weighted by atomic mass is 10.1. The lowest BCUT2D eigenvalue weighted by molar-refractivity contribution is -0.134. The summed E-state index contributed by atoms with van der Waals surface area (Å²) < 4.78 is 20.9. The average molecular weight is 456 g/mol. The van der Waals surface area contributed by atoms with Gasteiger partial charge < -0.3 is 28.7 Å². The Kier molecular flexibility index (Phi) is 8.51. The fourth-order valence-electron chi connectivity index (χ4n) is 3.33. The summed E-state index contributed by atoms with van der Waals surface area (Å²) >= 11 is 0. The Bertz CT molecular complexity index is 954. The molecule has 1 aliphatic rings. The molecule has 2 aromatic carbocycles. The Morgan fingerprint density at radius 1 is 0.788 bits per heavy atom. The summed E-state index contributed by atoms with van der Waals surface area (Å²) in [5.41, 5.74) is 0.474. The molecule has 2 amide bonds. The Balaban J connectivity index is 1.47. The smallest absolute Gasteiger partial charge is 0.490 e. The minimum Gasteiger partial charge on any atom is -0.490 e. The lowest BCUT2D eigenvalue weighted by Crippen LogP contribution is -2.51. The minimum atomic E-state index is -0.789. The van der Waals surface area contributed by atoms with Gasteiger partial charge in [0.05, 0.1) is 13.2 Å². The summed E-state index contributed by atoms with van der Waals surface area (Å²) in [4.78, 5) is 40.1. The SMILES string of the molecule is CCOC(=O)Oc1ccc(C(=O)N2CCN(C(=O)COc3ccccc3OCC)CC2)cc1. The number of hydrogen-bond donors (Lipinski definition) is 0. The maximum atomic E-state index is 12.8.